The fourth-order valence-electron chi connectivity index (χ4n) is 2.77. The quantitative estimate of drug-likeness (QED) is 0.677. The van der Waals surface area contributed by atoms with Gasteiger partial charge in [-0.25, -0.2) is 0 Å². The van der Waals surface area contributed by atoms with Gasteiger partial charge in [-0.15, -0.1) is 0 Å². The Kier molecular flexibility index (Phi) is 2.80. The van der Waals surface area contributed by atoms with E-state index >= 15 is 0 Å². The summed E-state index contributed by atoms with van der Waals surface area (Å²) in [6, 6.07) is 12.9. The zero-order valence-electron chi connectivity index (χ0n) is 11.8. The number of rotatable bonds is 0. The third-order valence-corrected chi connectivity index (χ3v) is 11.4. The van der Waals surface area contributed by atoms with E-state index in [1.54, 1.807) is 0 Å². The molecule has 0 aromatic heterocycles. The summed E-state index contributed by atoms with van der Waals surface area (Å²) in [5, 5.41) is 1.34. The molecule has 1 nitrogen and oxygen atoms in total. The first-order chi connectivity index (χ1) is 8.91. The van der Waals surface area contributed by atoms with Gasteiger partial charge in [0.1, 0.15) is 0 Å². The molecule has 2 aromatic carbocycles. The van der Waals surface area contributed by atoms with Crippen LogP contribution in [-0.2, 0) is 10.2 Å². The van der Waals surface area contributed by atoms with Crippen LogP contribution < -0.4 is 5.19 Å². The summed E-state index contributed by atoms with van der Waals surface area (Å²) in [5.74, 6) is 0. The first-order valence-electron chi connectivity index (χ1n) is 6.55. The maximum Gasteiger partial charge on any atom is 0.189 e. The molecule has 2 aromatic rings. The van der Waals surface area contributed by atoms with Crippen molar-refractivity contribution in [2.24, 2.45) is 0 Å². The Morgan fingerprint density at radius 1 is 0.895 bits per heavy atom. The van der Waals surface area contributed by atoms with Crippen LogP contribution in [0.15, 0.2) is 41.3 Å². The largest absolute Gasteiger partial charge is 0.261 e. The summed E-state index contributed by atoms with van der Waals surface area (Å²) in [5.41, 5.74) is 4.89. The van der Waals surface area contributed by atoms with Crippen LogP contribution in [0.25, 0.3) is 11.1 Å². The summed E-state index contributed by atoms with van der Waals surface area (Å²) in [4.78, 5) is 1.04. The summed E-state index contributed by atoms with van der Waals surface area (Å²) < 4.78 is 12.9. The minimum Gasteiger partial charge on any atom is -0.261 e. The minimum atomic E-state index is -1.95. The van der Waals surface area contributed by atoms with Crippen LogP contribution >= 0.6 is 0 Å². The highest BCUT2D eigenvalue weighted by Gasteiger charge is 2.40. The topological polar surface area (TPSA) is 17.1 Å². The SMILES string of the molecule is Cc1ccc2c(c1)S(=O)[Si](C)(C)c1cc(C)ccc1-2. The molecule has 3 heteroatoms. The average molecular weight is 286 g/mol. The second-order valence-corrected chi connectivity index (χ2v) is 14.5. The molecule has 0 amide bonds. The van der Waals surface area contributed by atoms with Gasteiger partial charge in [0.15, 0.2) is 7.22 Å². The number of hydrogen-bond donors (Lipinski definition) is 0. The van der Waals surface area contributed by atoms with E-state index < -0.39 is 17.5 Å². The predicted octanol–water partition coefficient (Wildman–Crippen LogP) is 3.50. The van der Waals surface area contributed by atoms with Gasteiger partial charge in [0.2, 0.25) is 0 Å². The molecule has 1 aliphatic rings. The van der Waals surface area contributed by atoms with Crippen LogP contribution in [0.2, 0.25) is 13.1 Å². The van der Waals surface area contributed by atoms with Crippen molar-refractivity contribution in [3.05, 3.63) is 47.5 Å². The fraction of sp³-hybridized carbons (Fsp3) is 0.250. The fourth-order valence-corrected chi connectivity index (χ4v) is 8.90. The maximum absolute atomic E-state index is 12.9. The molecule has 1 unspecified atom stereocenters. The average Bonchev–Trinajstić information content (AvgIpc) is 2.37. The van der Waals surface area contributed by atoms with E-state index in [4.69, 9.17) is 0 Å². The molecule has 0 aliphatic carbocycles. The molecule has 1 aliphatic heterocycles. The highest BCUT2D eigenvalue weighted by Crippen LogP contribution is 2.36. The van der Waals surface area contributed by atoms with Crippen molar-refractivity contribution in [2.45, 2.75) is 31.8 Å². The maximum atomic E-state index is 12.9. The van der Waals surface area contributed by atoms with Gasteiger partial charge in [0, 0.05) is 15.1 Å². The van der Waals surface area contributed by atoms with Crippen LogP contribution in [0, 0.1) is 13.8 Å². The second-order valence-electron chi connectivity index (χ2n) is 5.83. The van der Waals surface area contributed by atoms with Crippen molar-refractivity contribution < 1.29 is 4.21 Å². The van der Waals surface area contributed by atoms with Crippen LogP contribution in [0.4, 0.5) is 0 Å². The summed E-state index contributed by atoms with van der Waals surface area (Å²) in [7, 11) is -2.81. The molecule has 0 spiro atoms. The summed E-state index contributed by atoms with van der Waals surface area (Å²) >= 11 is 0. The standard InChI is InChI=1S/C16H18OSSi/c1-11-5-7-13-14-8-6-12(2)10-16(14)19(3,4)18(17)15(13)9-11/h5-10H,1-4H3. The van der Waals surface area contributed by atoms with Gasteiger partial charge in [0.25, 0.3) is 0 Å². The molecule has 0 fully saturated rings. The minimum absolute atomic E-state index is 0.867. The monoisotopic (exact) mass is 286 g/mol. The van der Waals surface area contributed by atoms with E-state index in [1.165, 1.54) is 21.9 Å². The first kappa shape index (κ1) is 12.8. The lowest BCUT2D eigenvalue weighted by atomic mass is 10.0. The molecule has 1 heterocycles. The highest BCUT2D eigenvalue weighted by atomic mass is 32.4. The summed E-state index contributed by atoms with van der Waals surface area (Å²) in [6.07, 6.45) is 0. The van der Waals surface area contributed by atoms with Gasteiger partial charge in [-0.3, -0.25) is 4.21 Å². The lowest BCUT2D eigenvalue weighted by molar-refractivity contribution is 0.690. The Bertz CT molecular complexity index is 704. The molecule has 0 radical (unpaired) electrons. The van der Waals surface area contributed by atoms with Gasteiger partial charge < -0.3 is 0 Å². The highest BCUT2D eigenvalue weighted by molar-refractivity contribution is 8.18. The normalized spacial score (nSPS) is 19.7. The van der Waals surface area contributed by atoms with Crippen LogP contribution in [-0.4, -0.2) is 11.4 Å². The molecule has 3 rings (SSSR count). The van der Waals surface area contributed by atoms with E-state index in [0.29, 0.717) is 0 Å². The Balaban J connectivity index is 2.40. The third-order valence-electron chi connectivity index (χ3n) is 3.91. The van der Waals surface area contributed by atoms with Crippen molar-refractivity contribution >= 4 is 22.7 Å². The molecule has 19 heavy (non-hydrogen) atoms. The van der Waals surface area contributed by atoms with E-state index in [1.807, 2.05) is 0 Å². The van der Waals surface area contributed by atoms with E-state index in [0.717, 1.165) is 10.5 Å². The van der Waals surface area contributed by atoms with E-state index in [2.05, 4.69) is 63.3 Å². The molecule has 1 atom stereocenters. The smallest absolute Gasteiger partial charge is 0.189 e. The van der Waals surface area contributed by atoms with Crippen molar-refractivity contribution in [1.29, 1.82) is 0 Å². The zero-order chi connectivity index (χ0) is 13.8. The predicted molar refractivity (Wildman–Crippen MR) is 84.9 cm³/mol. The molecule has 0 saturated carbocycles. The molecule has 0 N–H and O–H groups in total. The van der Waals surface area contributed by atoms with Gasteiger partial charge >= 0.3 is 0 Å². The van der Waals surface area contributed by atoms with Gasteiger partial charge in [-0.1, -0.05) is 49.0 Å². The number of aryl methyl sites for hydroxylation is 2. The molecule has 0 bridgehead atoms. The van der Waals surface area contributed by atoms with Gasteiger partial charge in [-0.2, -0.15) is 0 Å². The van der Waals surface area contributed by atoms with E-state index in [9.17, 15) is 4.21 Å². The first-order valence-corrected chi connectivity index (χ1v) is 11.4. The van der Waals surface area contributed by atoms with Crippen molar-refractivity contribution in [1.82, 2.24) is 0 Å². The van der Waals surface area contributed by atoms with Crippen molar-refractivity contribution in [3.63, 3.8) is 0 Å². The second kappa shape index (κ2) is 4.15. The molecule has 98 valence electrons. The Labute approximate surface area is 117 Å². The van der Waals surface area contributed by atoms with Crippen LogP contribution in [0.5, 0.6) is 0 Å². The van der Waals surface area contributed by atoms with Crippen molar-refractivity contribution in [3.8, 4) is 11.1 Å². The van der Waals surface area contributed by atoms with Crippen LogP contribution in [0.3, 0.4) is 0 Å². The van der Waals surface area contributed by atoms with Gasteiger partial charge in [-0.05, 0) is 41.8 Å². The lowest BCUT2D eigenvalue weighted by Gasteiger charge is -2.32. The van der Waals surface area contributed by atoms with Crippen molar-refractivity contribution in [2.75, 3.05) is 0 Å². The molecular weight excluding hydrogens is 268 g/mol. The Hall–Kier alpha value is -1.19. The molecular formula is C16H18OSSi. The number of fused-ring (bicyclic) bond motifs is 3. The number of benzene rings is 2. The molecule has 0 saturated heterocycles. The Morgan fingerprint density at radius 2 is 1.47 bits per heavy atom. The lowest BCUT2D eigenvalue weighted by Crippen LogP contribution is -2.49. The van der Waals surface area contributed by atoms with Crippen LogP contribution in [0.1, 0.15) is 11.1 Å². The summed E-state index contributed by atoms with van der Waals surface area (Å²) in [6.45, 7) is 8.61. The third kappa shape index (κ3) is 1.84. The zero-order valence-corrected chi connectivity index (χ0v) is 13.6. The number of hydrogen-bond acceptors (Lipinski definition) is 1. The Morgan fingerprint density at radius 3 is 2.16 bits per heavy atom. The van der Waals surface area contributed by atoms with E-state index in [-0.39, 0.29) is 0 Å². The van der Waals surface area contributed by atoms with Gasteiger partial charge in [0.05, 0.1) is 0 Å².